The monoisotopic (exact) mass is 226 g/mol. The molecule has 0 amide bonds. The van der Waals surface area contributed by atoms with Crippen LogP contribution in [0.1, 0.15) is 11.1 Å². The zero-order valence-corrected chi connectivity index (χ0v) is 9.01. The van der Waals surface area contributed by atoms with Crippen LogP contribution in [0, 0.1) is 0 Å². The Morgan fingerprint density at radius 2 is 1.94 bits per heavy atom. The number of hydrogen-bond donors (Lipinski definition) is 1. The van der Waals surface area contributed by atoms with Crippen LogP contribution in [0.25, 0.3) is 0 Å². The van der Waals surface area contributed by atoms with Crippen molar-refractivity contribution in [2.75, 3.05) is 6.73 Å². The van der Waals surface area contributed by atoms with Crippen molar-refractivity contribution in [1.82, 2.24) is 4.98 Å². The molecule has 1 aliphatic heterocycles. The Labute approximate surface area is 97.6 Å². The van der Waals surface area contributed by atoms with Gasteiger partial charge in [-0.1, -0.05) is 12.1 Å². The molecule has 0 bridgehead atoms. The molecule has 2 heterocycles. The van der Waals surface area contributed by atoms with Crippen molar-refractivity contribution in [3.05, 3.63) is 64.1 Å². The number of H-pyrrole nitrogens is 1. The maximum absolute atomic E-state index is 11.8. The van der Waals surface area contributed by atoms with Crippen LogP contribution in [0.5, 0.6) is 5.75 Å². The Balaban J connectivity index is 2.20. The van der Waals surface area contributed by atoms with E-state index in [4.69, 9.17) is 4.74 Å². The second-order valence-corrected chi connectivity index (χ2v) is 3.69. The molecule has 0 unspecified atom stereocenters. The summed E-state index contributed by atoms with van der Waals surface area (Å²) in [6.07, 6.45) is 1.61. The zero-order chi connectivity index (χ0) is 11.7. The Kier molecular flexibility index (Phi) is 2.26. The standard InChI is InChI=1S/C13H10N2O2/c16-13-10(5-3-7-14-13)12-9-4-1-2-6-11(9)17-8-15-12/h1-7H,8H2,(H,14,16). The molecule has 84 valence electrons. The highest BCUT2D eigenvalue weighted by Gasteiger charge is 2.17. The molecule has 2 aromatic rings. The van der Waals surface area contributed by atoms with Gasteiger partial charge in [0, 0.05) is 11.8 Å². The lowest BCUT2D eigenvalue weighted by Gasteiger charge is -2.16. The first-order valence-electron chi connectivity index (χ1n) is 5.31. The smallest absolute Gasteiger partial charge is 0.257 e. The largest absolute Gasteiger partial charge is 0.471 e. The summed E-state index contributed by atoms with van der Waals surface area (Å²) in [4.78, 5) is 18.7. The molecule has 1 aromatic heterocycles. The van der Waals surface area contributed by atoms with Gasteiger partial charge in [-0.15, -0.1) is 0 Å². The van der Waals surface area contributed by atoms with E-state index in [1.165, 1.54) is 0 Å². The molecular formula is C13H10N2O2. The summed E-state index contributed by atoms with van der Waals surface area (Å²) >= 11 is 0. The van der Waals surface area contributed by atoms with Crippen molar-refractivity contribution in [2.45, 2.75) is 0 Å². The Hall–Kier alpha value is -2.36. The fraction of sp³-hybridized carbons (Fsp3) is 0.0769. The number of fused-ring (bicyclic) bond motifs is 1. The summed E-state index contributed by atoms with van der Waals surface area (Å²) in [5.41, 5.74) is 1.98. The van der Waals surface area contributed by atoms with Crippen molar-refractivity contribution in [1.29, 1.82) is 0 Å². The van der Waals surface area contributed by atoms with Crippen LogP contribution in [0.15, 0.2) is 52.4 Å². The molecule has 1 aliphatic rings. The van der Waals surface area contributed by atoms with Crippen LogP contribution in [0.2, 0.25) is 0 Å². The molecule has 0 saturated carbocycles. The SMILES string of the molecule is O=c1[nH]cccc1C1=NCOc2ccccc21. The number of rotatable bonds is 1. The van der Waals surface area contributed by atoms with Crippen molar-refractivity contribution >= 4 is 5.71 Å². The van der Waals surface area contributed by atoms with E-state index >= 15 is 0 Å². The van der Waals surface area contributed by atoms with E-state index in [2.05, 4.69) is 9.98 Å². The zero-order valence-electron chi connectivity index (χ0n) is 9.01. The minimum atomic E-state index is -0.136. The summed E-state index contributed by atoms with van der Waals surface area (Å²) in [5, 5.41) is 0. The van der Waals surface area contributed by atoms with Crippen molar-refractivity contribution < 1.29 is 4.74 Å². The molecule has 0 atom stereocenters. The van der Waals surface area contributed by atoms with Crippen LogP contribution < -0.4 is 10.3 Å². The topological polar surface area (TPSA) is 54.5 Å². The number of nitrogens with zero attached hydrogens (tertiary/aromatic N) is 1. The number of aromatic amines is 1. The summed E-state index contributed by atoms with van der Waals surface area (Å²) < 4.78 is 5.42. The quantitative estimate of drug-likeness (QED) is 0.802. The van der Waals surface area contributed by atoms with Gasteiger partial charge < -0.3 is 9.72 Å². The number of nitrogens with one attached hydrogen (secondary N) is 1. The van der Waals surface area contributed by atoms with Gasteiger partial charge >= 0.3 is 0 Å². The fourth-order valence-electron chi connectivity index (χ4n) is 1.88. The molecule has 0 aliphatic carbocycles. The predicted molar refractivity (Wildman–Crippen MR) is 64.6 cm³/mol. The maximum Gasteiger partial charge on any atom is 0.257 e. The minimum absolute atomic E-state index is 0.136. The first-order chi connectivity index (χ1) is 8.36. The molecule has 0 spiro atoms. The van der Waals surface area contributed by atoms with E-state index in [0.717, 1.165) is 11.3 Å². The lowest BCUT2D eigenvalue weighted by Crippen LogP contribution is -2.22. The van der Waals surface area contributed by atoms with E-state index in [1.807, 2.05) is 24.3 Å². The third-order valence-corrected chi connectivity index (χ3v) is 2.66. The number of hydrogen-bond acceptors (Lipinski definition) is 3. The molecule has 0 saturated heterocycles. The van der Waals surface area contributed by atoms with E-state index in [1.54, 1.807) is 18.3 Å². The van der Waals surface area contributed by atoms with Gasteiger partial charge in [-0.2, -0.15) is 0 Å². The van der Waals surface area contributed by atoms with Crippen molar-refractivity contribution in [2.24, 2.45) is 4.99 Å². The molecular weight excluding hydrogens is 216 g/mol. The van der Waals surface area contributed by atoms with Gasteiger partial charge in [0.2, 0.25) is 0 Å². The first kappa shape index (κ1) is 9.84. The number of para-hydroxylation sites is 1. The van der Waals surface area contributed by atoms with Crippen molar-refractivity contribution in [3.8, 4) is 5.75 Å². The Morgan fingerprint density at radius 1 is 1.12 bits per heavy atom. The summed E-state index contributed by atoms with van der Waals surface area (Å²) in [6.45, 7) is 0.251. The molecule has 4 nitrogen and oxygen atoms in total. The van der Waals surface area contributed by atoms with Gasteiger partial charge in [-0.25, -0.2) is 4.99 Å². The van der Waals surface area contributed by atoms with Gasteiger partial charge in [-0.3, -0.25) is 4.79 Å². The van der Waals surface area contributed by atoms with Gasteiger partial charge in [0.1, 0.15) is 5.75 Å². The highest BCUT2D eigenvalue weighted by atomic mass is 16.5. The van der Waals surface area contributed by atoms with E-state index in [0.29, 0.717) is 11.3 Å². The second-order valence-electron chi connectivity index (χ2n) is 3.69. The lowest BCUT2D eigenvalue weighted by molar-refractivity contribution is 0.325. The van der Waals surface area contributed by atoms with Gasteiger partial charge in [0.25, 0.3) is 5.56 Å². The first-order valence-corrected chi connectivity index (χ1v) is 5.31. The molecule has 1 aromatic carbocycles. The molecule has 0 fully saturated rings. The molecule has 17 heavy (non-hydrogen) atoms. The highest BCUT2D eigenvalue weighted by molar-refractivity contribution is 6.14. The number of aliphatic imine (C=N–C) groups is 1. The highest BCUT2D eigenvalue weighted by Crippen LogP contribution is 2.24. The van der Waals surface area contributed by atoms with Gasteiger partial charge in [0.15, 0.2) is 6.73 Å². The molecule has 3 rings (SSSR count). The van der Waals surface area contributed by atoms with E-state index in [9.17, 15) is 4.79 Å². The minimum Gasteiger partial charge on any atom is -0.471 e. The predicted octanol–water partition coefficient (Wildman–Crippen LogP) is 1.56. The molecule has 1 N–H and O–H groups in total. The third kappa shape index (κ3) is 1.63. The fourth-order valence-corrected chi connectivity index (χ4v) is 1.88. The summed E-state index contributed by atoms with van der Waals surface area (Å²) in [6, 6.07) is 11.1. The summed E-state index contributed by atoms with van der Waals surface area (Å²) in [5.74, 6) is 0.765. The van der Waals surface area contributed by atoms with E-state index < -0.39 is 0 Å². The van der Waals surface area contributed by atoms with Crippen LogP contribution in [-0.4, -0.2) is 17.4 Å². The Morgan fingerprint density at radius 3 is 2.82 bits per heavy atom. The summed E-state index contributed by atoms with van der Waals surface area (Å²) in [7, 11) is 0. The van der Waals surface area contributed by atoms with Crippen LogP contribution in [0.4, 0.5) is 0 Å². The Bertz CT molecular complexity index is 644. The van der Waals surface area contributed by atoms with Crippen molar-refractivity contribution in [3.63, 3.8) is 0 Å². The number of pyridine rings is 1. The number of aromatic nitrogens is 1. The maximum atomic E-state index is 11.8. The van der Waals surface area contributed by atoms with Gasteiger partial charge in [0.05, 0.1) is 11.3 Å². The van der Waals surface area contributed by atoms with E-state index in [-0.39, 0.29) is 12.3 Å². The lowest BCUT2D eigenvalue weighted by atomic mass is 10.0. The van der Waals surface area contributed by atoms with Crippen LogP contribution >= 0.6 is 0 Å². The molecule has 4 heteroatoms. The average molecular weight is 226 g/mol. The molecule has 0 radical (unpaired) electrons. The van der Waals surface area contributed by atoms with Crippen LogP contribution in [0.3, 0.4) is 0 Å². The number of ether oxygens (including phenoxy) is 1. The normalized spacial score (nSPS) is 13.5. The second kappa shape index (κ2) is 3.90. The van der Waals surface area contributed by atoms with Crippen LogP contribution in [-0.2, 0) is 0 Å². The van der Waals surface area contributed by atoms with Gasteiger partial charge in [-0.05, 0) is 24.3 Å². The average Bonchev–Trinajstić information content (AvgIpc) is 2.39. The number of benzene rings is 1. The third-order valence-electron chi connectivity index (χ3n) is 2.66.